The monoisotopic (exact) mass is 495 g/mol. The molecule has 0 aliphatic carbocycles. The molecule has 0 radical (unpaired) electrons. The summed E-state index contributed by atoms with van der Waals surface area (Å²) in [6, 6.07) is 11.0. The molecule has 0 saturated carbocycles. The molecule has 2 aromatic heterocycles. The Bertz CT molecular complexity index is 1210. The van der Waals surface area contributed by atoms with Gasteiger partial charge < -0.3 is 9.64 Å². The molecule has 34 heavy (non-hydrogen) atoms. The fourth-order valence-electron chi connectivity index (χ4n) is 4.30. The number of nitrogens with zero attached hydrogens (tertiary/aromatic N) is 5. The van der Waals surface area contributed by atoms with Crippen molar-refractivity contribution in [3.05, 3.63) is 81.5 Å². The highest BCUT2D eigenvalue weighted by atomic mass is 35.5. The fraction of sp³-hybridized carbons (Fsp3) is 0.320. The molecule has 1 aliphatic rings. The first kappa shape index (κ1) is 23.9. The predicted octanol–water partition coefficient (Wildman–Crippen LogP) is 5.07. The van der Waals surface area contributed by atoms with Crippen LogP contribution >= 0.6 is 23.2 Å². The number of hydrogen-bond acceptors (Lipinski definition) is 6. The molecule has 0 bridgehead atoms. The Morgan fingerprint density at radius 1 is 1.15 bits per heavy atom. The van der Waals surface area contributed by atoms with Crippen LogP contribution in [-0.2, 0) is 0 Å². The first-order chi connectivity index (χ1) is 16.4. The van der Waals surface area contributed by atoms with Crippen LogP contribution in [0.4, 0.5) is 0 Å². The Morgan fingerprint density at radius 2 is 1.91 bits per heavy atom. The lowest BCUT2D eigenvalue weighted by Gasteiger charge is -2.27. The average Bonchev–Trinajstić information content (AvgIpc) is 3.30. The summed E-state index contributed by atoms with van der Waals surface area (Å²) in [5.74, 6) is 0.886. The number of carbonyl (C=O) groups excluding carboxylic acids is 1. The number of rotatable bonds is 6. The number of ether oxygens (including phenoxy) is 1. The van der Waals surface area contributed by atoms with Crippen molar-refractivity contribution in [3.63, 3.8) is 0 Å². The normalized spacial score (nSPS) is 18.4. The number of carbonyl (C=O) groups is 1. The molecule has 7 nitrogen and oxygen atoms in total. The molecule has 3 atom stereocenters. The second kappa shape index (κ2) is 10.4. The standard InChI is InChI=1S/C25H23Cl2N5O2/c1-3-23(34-24-7-4-16(9-28)10-31-24)20-14-32(25(33)18-11-29-15(2)30-12-18)13-19(20)17-5-6-21(26)22(27)8-17/h4-8,10-12,19-20,23H,3,13-14H2,1-2H3/t19-,20+,23-/m1/s1. The summed E-state index contributed by atoms with van der Waals surface area (Å²) >= 11 is 12.5. The fourth-order valence-corrected chi connectivity index (χ4v) is 4.60. The Balaban J connectivity index is 1.63. The highest BCUT2D eigenvalue weighted by Crippen LogP contribution is 2.39. The van der Waals surface area contributed by atoms with Gasteiger partial charge in [-0.25, -0.2) is 15.0 Å². The van der Waals surface area contributed by atoms with Crippen LogP contribution in [0.15, 0.2) is 48.9 Å². The largest absolute Gasteiger partial charge is 0.474 e. The van der Waals surface area contributed by atoms with Crippen molar-refractivity contribution in [2.24, 2.45) is 5.92 Å². The molecule has 174 valence electrons. The highest BCUT2D eigenvalue weighted by molar-refractivity contribution is 6.42. The Hall–Kier alpha value is -3.21. The lowest BCUT2D eigenvalue weighted by atomic mass is 9.84. The van der Waals surface area contributed by atoms with Crippen LogP contribution in [0.5, 0.6) is 5.88 Å². The maximum atomic E-state index is 13.3. The van der Waals surface area contributed by atoms with Gasteiger partial charge in [0.25, 0.3) is 5.91 Å². The second-order valence-corrected chi connectivity index (χ2v) is 9.05. The van der Waals surface area contributed by atoms with E-state index in [0.717, 1.165) is 5.56 Å². The Kier molecular flexibility index (Phi) is 7.30. The van der Waals surface area contributed by atoms with E-state index in [-0.39, 0.29) is 23.8 Å². The molecular weight excluding hydrogens is 473 g/mol. The third kappa shape index (κ3) is 5.14. The Morgan fingerprint density at radius 3 is 2.53 bits per heavy atom. The molecule has 1 fully saturated rings. The SMILES string of the molecule is CC[C@@H](Oc1ccc(C#N)cn1)[C@H]1CN(C(=O)c2cnc(C)nc2)C[C@@H]1c1ccc(Cl)c(Cl)c1. The summed E-state index contributed by atoms with van der Waals surface area (Å²) in [4.78, 5) is 27.7. The highest BCUT2D eigenvalue weighted by Gasteiger charge is 2.41. The van der Waals surface area contributed by atoms with Gasteiger partial charge in [-0.2, -0.15) is 5.26 Å². The lowest BCUT2D eigenvalue weighted by Crippen LogP contribution is -2.33. The van der Waals surface area contributed by atoms with E-state index in [1.165, 1.54) is 6.20 Å². The van der Waals surface area contributed by atoms with Crippen LogP contribution in [0.1, 0.15) is 46.6 Å². The van der Waals surface area contributed by atoms with Crippen LogP contribution in [0.3, 0.4) is 0 Å². The number of aromatic nitrogens is 3. The van der Waals surface area contributed by atoms with E-state index in [1.807, 2.05) is 24.0 Å². The van der Waals surface area contributed by atoms with Crippen molar-refractivity contribution < 1.29 is 9.53 Å². The third-order valence-electron chi connectivity index (χ3n) is 6.07. The van der Waals surface area contributed by atoms with Crippen LogP contribution in [0, 0.1) is 24.2 Å². The zero-order valence-corrected chi connectivity index (χ0v) is 20.3. The van der Waals surface area contributed by atoms with Gasteiger partial charge in [-0.3, -0.25) is 4.79 Å². The zero-order chi connectivity index (χ0) is 24.2. The summed E-state index contributed by atoms with van der Waals surface area (Å²) < 4.78 is 6.26. The molecule has 1 aliphatic heterocycles. The number of amides is 1. The van der Waals surface area contributed by atoms with Gasteiger partial charge in [-0.05, 0) is 37.1 Å². The van der Waals surface area contributed by atoms with Crippen molar-refractivity contribution in [2.45, 2.75) is 32.3 Å². The van der Waals surface area contributed by atoms with E-state index in [1.54, 1.807) is 37.5 Å². The number of pyridine rings is 1. The van der Waals surface area contributed by atoms with Gasteiger partial charge in [0, 0.05) is 49.6 Å². The molecule has 0 spiro atoms. The molecule has 3 aromatic rings. The molecule has 1 aromatic carbocycles. The predicted molar refractivity (Wildman–Crippen MR) is 129 cm³/mol. The molecule has 1 saturated heterocycles. The molecule has 4 rings (SSSR count). The number of nitriles is 1. The van der Waals surface area contributed by atoms with Gasteiger partial charge in [-0.15, -0.1) is 0 Å². The van der Waals surface area contributed by atoms with Crippen molar-refractivity contribution in [2.75, 3.05) is 13.1 Å². The smallest absolute Gasteiger partial charge is 0.257 e. The van der Waals surface area contributed by atoms with Gasteiger partial charge in [0.05, 0.1) is 21.2 Å². The molecule has 3 heterocycles. The molecule has 9 heteroatoms. The van der Waals surface area contributed by atoms with Crippen molar-refractivity contribution in [1.29, 1.82) is 5.26 Å². The van der Waals surface area contributed by atoms with Crippen molar-refractivity contribution in [1.82, 2.24) is 19.9 Å². The molecular formula is C25H23Cl2N5O2. The van der Waals surface area contributed by atoms with E-state index < -0.39 is 0 Å². The topological polar surface area (TPSA) is 92.0 Å². The lowest BCUT2D eigenvalue weighted by molar-refractivity contribution is 0.0759. The van der Waals surface area contributed by atoms with E-state index in [2.05, 4.69) is 21.0 Å². The van der Waals surface area contributed by atoms with E-state index >= 15 is 0 Å². The van der Waals surface area contributed by atoms with Crippen molar-refractivity contribution in [3.8, 4) is 11.9 Å². The molecule has 1 amide bonds. The maximum Gasteiger partial charge on any atom is 0.257 e. The minimum atomic E-state index is -0.216. The van der Waals surface area contributed by atoms with Crippen molar-refractivity contribution >= 4 is 29.1 Å². The average molecular weight is 496 g/mol. The zero-order valence-electron chi connectivity index (χ0n) is 18.8. The quantitative estimate of drug-likeness (QED) is 0.473. The van der Waals surface area contributed by atoms with Gasteiger partial charge in [0.15, 0.2) is 0 Å². The summed E-state index contributed by atoms with van der Waals surface area (Å²) in [5, 5.41) is 9.98. The Labute approximate surface area is 208 Å². The van der Waals surface area contributed by atoms with Gasteiger partial charge in [0.2, 0.25) is 5.88 Å². The van der Waals surface area contributed by atoms with Crippen LogP contribution < -0.4 is 4.74 Å². The summed E-state index contributed by atoms with van der Waals surface area (Å²) in [5.41, 5.74) is 1.90. The van der Waals surface area contributed by atoms with Crippen LogP contribution in [-0.4, -0.2) is 45.0 Å². The molecule has 0 N–H and O–H groups in total. The van der Waals surface area contributed by atoms with Gasteiger partial charge >= 0.3 is 0 Å². The van der Waals surface area contributed by atoms with Gasteiger partial charge in [0.1, 0.15) is 18.0 Å². The summed E-state index contributed by atoms with van der Waals surface area (Å²) in [6.45, 7) is 4.81. The number of likely N-dealkylation sites (tertiary alicyclic amines) is 1. The number of aryl methyl sites for hydroxylation is 1. The second-order valence-electron chi connectivity index (χ2n) is 8.23. The number of benzene rings is 1. The van der Waals surface area contributed by atoms with E-state index in [9.17, 15) is 4.79 Å². The van der Waals surface area contributed by atoms with Gasteiger partial charge in [-0.1, -0.05) is 36.2 Å². The van der Waals surface area contributed by atoms with Crippen LogP contribution in [0.2, 0.25) is 10.0 Å². The molecule has 0 unspecified atom stereocenters. The maximum absolute atomic E-state index is 13.3. The first-order valence-corrected chi connectivity index (χ1v) is 11.7. The van der Waals surface area contributed by atoms with E-state index in [4.69, 9.17) is 33.2 Å². The third-order valence-corrected chi connectivity index (χ3v) is 6.81. The first-order valence-electron chi connectivity index (χ1n) is 10.9. The van der Waals surface area contributed by atoms with E-state index in [0.29, 0.717) is 52.4 Å². The van der Waals surface area contributed by atoms with Crippen LogP contribution in [0.25, 0.3) is 0 Å². The minimum Gasteiger partial charge on any atom is -0.474 e. The minimum absolute atomic E-state index is 0.0185. The summed E-state index contributed by atoms with van der Waals surface area (Å²) in [6.07, 6.45) is 5.09. The summed E-state index contributed by atoms with van der Waals surface area (Å²) in [7, 11) is 0. The number of hydrogen-bond donors (Lipinski definition) is 0. The number of halogens is 2.